The van der Waals surface area contributed by atoms with Gasteiger partial charge < -0.3 is 19.8 Å². The van der Waals surface area contributed by atoms with Crippen LogP contribution in [0.1, 0.15) is 40.3 Å². The van der Waals surface area contributed by atoms with Gasteiger partial charge in [-0.1, -0.05) is 43.3 Å². The molecule has 3 N–H and O–H groups in total. The predicted molar refractivity (Wildman–Crippen MR) is 109 cm³/mol. The average molecular weight is 378 g/mol. The Hall–Kier alpha value is -3.54. The van der Waals surface area contributed by atoms with Crippen molar-refractivity contribution < 1.29 is 19.4 Å². The number of carbonyl (C=O) groups excluding carboxylic acids is 1. The molecule has 0 saturated heterocycles. The van der Waals surface area contributed by atoms with Gasteiger partial charge in [0.05, 0.1) is 17.7 Å². The Labute approximate surface area is 162 Å². The van der Waals surface area contributed by atoms with E-state index in [1.54, 1.807) is 13.1 Å². The number of aromatic amines is 2. The van der Waals surface area contributed by atoms with E-state index in [9.17, 15) is 9.59 Å². The Kier molecular flexibility index (Phi) is 5.79. The van der Waals surface area contributed by atoms with Crippen LogP contribution in [0, 0.1) is 0 Å². The molecule has 6 nitrogen and oxygen atoms in total. The van der Waals surface area contributed by atoms with Crippen LogP contribution in [0.15, 0.2) is 54.7 Å². The monoisotopic (exact) mass is 378 g/mol. The van der Waals surface area contributed by atoms with Gasteiger partial charge in [0, 0.05) is 33.7 Å². The summed E-state index contributed by atoms with van der Waals surface area (Å²) < 4.78 is 4.94. The van der Waals surface area contributed by atoms with E-state index in [0.717, 1.165) is 27.5 Å². The van der Waals surface area contributed by atoms with Gasteiger partial charge in [0.1, 0.15) is 0 Å². The number of esters is 1. The summed E-state index contributed by atoms with van der Waals surface area (Å²) in [5.74, 6) is -1.13. The highest BCUT2D eigenvalue weighted by molar-refractivity contribution is 6.05. The number of carboxylic acids is 1. The molecule has 0 atom stereocenters. The number of fused-ring (bicyclic) bond motifs is 2. The molecule has 28 heavy (non-hydrogen) atoms. The lowest BCUT2D eigenvalue weighted by molar-refractivity contribution is 0.0528. The minimum atomic E-state index is -0.862. The van der Waals surface area contributed by atoms with E-state index in [1.165, 1.54) is 0 Å². The lowest BCUT2D eigenvalue weighted by atomic mass is 10.1. The smallest absolute Gasteiger partial charge is 0.340 e. The Morgan fingerprint density at radius 1 is 0.964 bits per heavy atom. The molecule has 0 amide bonds. The van der Waals surface area contributed by atoms with Crippen LogP contribution in [0.4, 0.5) is 0 Å². The fourth-order valence-electron chi connectivity index (χ4n) is 3.16. The Morgan fingerprint density at radius 2 is 1.61 bits per heavy atom. The molecule has 2 heterocycles. The number of H-pyrrole nitrogens is 2. The summed E-state index contributed by atoms with van der Waals surface area (Å²) in [5.41, 5.74) is 3.64. The van der Waals surface area contributed by atoms with Gasteiger partial charge in [-0.15, -0.1) is 0 Å². The minimum Gasteiger partial charge on any atom is -0.478 e. The number of carboxylic acid groups (broad SMARTS) is 1. The Balaban J connectivity index is 0.000000161. The molecular weight excluding hydrogens is 356 g/mol. The summed E-state index contributed by atoms with van der Waals surface area (Å²) in [6.45, 7) is 4.14. The summed E-state index contributed by atoms with van der Waals surface area (Å²) in [5, 5.41) is 10.8. The zero-order valence-electron chi connectivity index (χ0n) is 15.8. The molecule has 0 aliphatic rings. The van der Waals surface area contributed by atoms with Crippen molar-refractivity contribution in [3.8, 4) is 0 Å². The molecule has 0 bridgehead atoms. The van der Waals surface area contributed by atoms with E-state index in [2.05, 4.69) is 9.97 Å². The van der Waals surface area contributed by atoms with E-state index in [0.29, 0.717) is 24.2 Å². The maximum Gasteiger partial charge on any atom is 0.340 e. The van der Waals surface area contributed by atoms with E-state index >= 15 is 0 Å². The molecule has 0 radical (unpaired) electrons. The lowest BCUT2D eigenvalue weighted by Crippen LogP contribution is -2.03. The third-order valence-electron chi connectivity index (χ3n) is 4.44. The van der Waals surface area contributed by atoms with Crippen LogP contribution in [-0.2, 0) is 11.2 Å². The van der Waals surface area contributed by atoms with Crippen LogP contribution in [0.3, 0.4) is 0 Å². The molecule has 4 aromatic rings. The normalized spacial score (nSPS) is 10.5. The predicted octanol–water partition coefficient (Wildman–Crippen LogP) is 4.77. The molecule has 0 spiro atoms. The van der Waals surface area contributed by atoms with Crippen LogP contribution < -0.4 is 0 Å². The SMILES string of the molecule is CCOC(=O)c1c[nH]c2ccccc12.CCc1[nH]c2ccccc2c1C(=O)O. The largest absolute Gasteiger partial charge is 0.478 e. The number of hydrogen-bond acceptors (Lipinski definition) is 3. The first-order valence-electron chi connectivity index (χ1n) is 9.12. The third kappa shape index (κ3) is 3.76. The number of aromatic nitrogens is 2. The van der Waals surface area contributed by atoms with Crippen molar-refractivity contribution in [1.82, 2.24) is 9.97 Å². The first-order valence-corrected chi connectivity index (χ1v) is 9.12. The maximum atomic E-state index is 11.5. The standard InChI is InChI=1S/2C11H11NO2/c1-2-14-11(13)9-7-12-10-6-4-3-5-8(9)10;1-2-8-10(11(13)14)7-5-3-4-6-9(7)12-8/h3-7,12H,2H2,1H3;3-6,12H,2H2,1H3,(H,13,14). The number of ether oxygens (including phenoxy) is 1. The summed E-state index contributed by atoms with van der Waals surface area (Å²) in [7, 11) is 0. The number of nitrogens with one attached hydrogen (secondary N) is 2. The highest BCUT2D eigenvalue weighted by atomic mass is 16.5. The van der Waals surface area contributed by atoms with Crippen molar-refractivity contribution in [3.05, 3.63) is 71.5 Å². The third-order valence-corrected chi connectivity index (χ3v) is 4.44. The van der Waals surface area contributed by atoms with Crippen LogP contribution in [0.2, 0.25) is 0 Å². The van der Waals surface area contributed by atoms with E-state index in [1.807, 2.05) is 55.5 Å². The summed E-state index contributed by atoms with van der Waals surface area (Å²) >= 11 is 0. The number of aryl methyl sites for hydroxylation is 1. The second-order valence-corrected chi connectivity index (χ2v) is 6.15. The van der Waals surface area contributed by atoms with Crippen LogP contribution in [0.5, 0.6) is 0 Å². The van der Waals surface area contributed by atoms with Gasteiger partial charge in [-0.05, 0) is 25.5 Å². The summed E-state index contributed by atoms with van der Waals surface area (Å²) in [4.78, 5) is 28.7. The van der Waals surface area contributed by atoms with Gasteiger partial charge in [0.25, 0.3) is 0 Å². The molecule has 0 fully saturated rings. The molecule has 6 heteroatoms. The minimum absolute atomic E-state index is 0.273. The van der Waals surface area contributed by atoms with Crippen molar-refractivity contribution >= 4 is 33.7 Å². The van der Waals surface area contributed by atoms with Crippen molar-refractivity contribution in [2.24, 2.45) is 0 Å². The molecular formula is C22H22N2O4. The zero-order valence-corrected chi connectivity index (χ0v) is 15.8. The van der Waals surface area contributed by atoms with Crippen molar-refractivity contribution in [1.29, 1.82) is 0 Å². The fourth-order valence-corrected chi connectivity index (χ4v) is 3.16. The van der Waals surface area contributed by atoms with Crippen LogP contribution in [-0.4, -0.2) is 33.6 Å². The van der Waals surface area contributed by atoms with Gasteiger partial charge in [0.2, 0.25) is 0 Å². The Morgan fingerprint density at radius 3 is 2.25 bits per heavy atom. The average Bonchev–Trinajstić information content (AvgIpc) is 3.30. The molecule has 0 aliphatic carbocycles. The Bertz CT molecular complexity index is 1120. The van der Waals surface area contributed by atoms with Gasteiger partial charge in [-0.25, -0.2) is 9.59 Å². The zero-order chi connectivity index (χ0) is 20.1. The number of aromatic carboxylic acids is 1. The van der Waals surface area contributed by atoms with Gasteiger partial charge >= 0.3 is 11.9 Å². The molecule has 4 rings (SSSR count). The second-order valence-electron chi connectivity index (χ2n) is 6.15. The fraction of sp³-hybridized carbons (Fsp3) is 0.182. The summed E-state index contributed by atoms with van der Waals surface area (Å²) in [6.07, 6.45) is 2.39. The number of hydrogen-bond donors (Lipinski definition) is 3. The molecule has 2 aromatic carbocycles. The molecule has 0 unspecified atom stereocenters. The topological polar surface area (TPSA) is 95.2 Å². The van der Waals surface area contributed by atoms with Gasteiger partial charge in [0.15, 0.2) is 0 Å². The van der Waals surface area contributed by atoms with Crippen LogP contribution in [0.25, 0.3) is 21.8 Å². The molecule has 144 valence electrons. The number of benzene rings is 2. The quantitative estimate of drug-likeness (QED) is 0.446. The van der Waals surface area contributed by atoms with Crippen molar-refractivity contribution in [3.63, 3.8) is 0 Å². The van der Waals surface area contributed by atoms with Crippen molar-refractivity contribution in [2.45, 2.75) is 20.3 Å². The molecule has 2 aromatic heterocycles. The number of para-hydroxylation sites is 2. The second kappa shape index (κ2) is 8.43. The molecule has 0 saturated carbocycles. The first kappa shape index (κ1) is 19.2. The maximum absolute atomic E-state index is 11.5. The highest BCUT2D eigenvalue weighted by Crippen LogP contribution is 2.22. The lowest BCUT2D eigenvalue weighted by Gasteiger charge is -1.98. The summed E-state index contributed by atoms with van der Waals surface area (Å²) in [6, 6.07) is 15.1. The molecule has 0 aliphatic heterocycles. The first-order chi connectivity index (χ1) is 13.6. The van der Waals surface area contributed by atoms with Crippen molar-refractivity contribution in [2.75, 3.05) is 6.61 Å². The highest BCUT2D eigenvalue weighted by Gasteiger charge is 2.15. The van der Waals surface area contributed by atoms with Crippen LogP contribution >= 0.6 is 0 Å². The van der Waals surface area contributed by atoms with E-state index in [-0.39, 0.29) is 5.97 Å². The van der Waals surface area contributed by atoms with E-state index in [4.69, 9.17) is 9.84 Å². The van der Waals surface area contributed by atoms with E-state index < -0.39 is 5.97 Å². The van der Waals surface area contributed by atoms with Gasteiger partial charge in [-0.2, -0.15) is 0 Å². The number of carbonyl (C=O) groups is 2. The van der Waals surface area contributed by atoms with Gasteiger partial charge in [-0.3, -0.25) is 0 Å². The number of rotatable bonds is 4.